The molecule has 5 heteroatoms. The summed E-state index contributed by atoms with van der Waals surface area (Å²) in [6.45, 7) is 3.86. The molecule has 5 nitrogen and oxygen atoms in total. The van der Waals surface area contributed by atoms with Crippen LogP contribution in [0, 0.1) is 18.8 Å². The number of nitrogens with one attached hydrogen (secondary N) is 1. The molecule has 0 radical (unpaired) electrons. The summed E-state index contributed by atoms with van der Waals surface area (Å²) in [4.78, 5) is 18.4. The molecule has 0 saturated heterocycles. The molecule has 0 fully saturated rings. The average molecular weight is 218 g/mol. The van der Waals surface area contributed by atoms with E-state index in [1.165, 1.54) is 6.92 Å². The lowest BCUT2D eigenvalue weighted by atomic mass is 10.2. The predicted octanol–water partition coefficient (Wildman–Crippen LogP) is 0.245. The van der Waals surface area contributed by atoms with Crippen LogP contribution >= 0.6 is 0 Å². The summed E-state index contributed by atoms with van der Waals surface area (Å²) in [5, 5.41) is 2.66. The van der Waals surface area contributed by atoms with E-state index in [0.29, 0.717) is 13.0 Å². The van der Waals surface area contributed by atoms with E-state index < -0.39 is 0 Å². The fourth-order valence-electron chi connectivity index (χ4n) is 1.07. The number of carbonyl (C=O) groups excluding carboxylic acids is 1. The van der Waals surface area contributed by atoms with Crippen molar-refractivity contribution >= 4 is 11.9 Å². The van der Waals surface area contributed by atoms with Gasteiger partial charge in [0.2, 0.25) is 11.9 Å². The van der Waals surface area contributed by atoms with Crippen LogP contribution in [0.15, 0.2) is 6.20 Å². The van der Waals surface area contributed by atoms with Gasteiger partial charge in [-0.15, -0.1) is 0 Å². The molecule has 1 aromatic rings. The third kappa shape index (κ3) is 3.96. The summed E-state index contributed by atoms with van der Waals surface area (Å²) in [7, 11) is 0. The van der Waals surface area contributed by atoms with Gasteiger partial charge in [0.15, 0.2) is 0 Å². The van der Waals surface area contributed by atoms with E-state index in [4.69, 9.17) is 5.73 Å². The number of carbonyl (C=O) groups is 1. The second kappa shape index (κ2) is 5.71. The van der Waals surface area contributed by atoms with E-state index in [9.17, 15) is 4.79 Å². The molecular formula is C11H14N4O. The predicted molar refractivity (Wildman–Crippen MR) is 61.4 cm³/mol. The first-order valence-corrected chi connectivity index (χ1v) is 4.92. The van der Waals surface area contributed by atoms with Crippen LogP contribution in [0.5, 0.6) is 0 Å². The highest BCUT2D eigenvalue weighted by Gasteiger charge is 1.96. The number of nitrogen functional groups attached to an aromatic ring is 1. The second-order valence-corrected chi connectivity index (χ2v) is 3.26. The van der Waals surface area contributed by atoms with Crippen molar-refractivity contribution in [1.29, 1.82) is 0 Å². The van der Waals surface area contributed by atoms with E-state index in [0.717, 1.165) is 11.3 Å². The lowest BCUT2D eigenvalue weighted by Gasteiger charge is -1.97. The minimum atomic E-state index is -0.0474. The van der Waals surface area contributed by atoms with E-state index in [2.05, 4.69) is 27.1 Å². The Balaban J connectivity index is 2.53. The van der Waals surface area contributed by atoms with Crippen LogP contribution in [0.2, 0.25) is 0 Å². The Morgan fingerprint density at radius 2 is 2.38 bits per heavy atom. The van der Waals surface area contributed by atoms with Gasteiger partial charge in [-0.2, -0.15) is 0 Å². The van der Waals surface area contributed by atoms with Crippen LogP contribution in [-0.2, 0) is 4.79 Å². The first kappa shape index (κ1) is 12.0. The van der Waals surface area contributed by atoms with Crippen LogP contribution in [0.3, 0.4) is 0 Å². The number of anilines is 1. The Morgan fingerprint density at radius 1 is 1.62 bits per heavy atom. The molecular weight excluding hydrogens is 204 g/mol. The lowest BCUT2D eigenvalue weighted by molar-refractivity contribution is -0.118. The summed E-state index contributed by atoms with van der Waals surface area (Å²) in [6, 6.07) is 0. The molecule has 0 bridgehead atoms. The van der Waals surface area contributed by atoms with E-state index in [-0.39, 0.29) is 11.9 Å². The molecule has 1 heterocycles. The number of nitrogens with zero attached hydrogens (tertiary/aromatic N) is 2. The SMILES string of the molecule is CC(=O)NCCC#Cc1cnc(N)nc1C. The summed E-state index contributed by atoms with van der Waals surface area (Å²) in [6.07, 6.45) is 2.20. The zero-order valence-corrected chi connectivity index (χ0v) is 9.37. The van der Waals surface area contributed by atoms with Gasteiger partial charge in [-0.1, -0.05) is 11.8 Å². The number of aromatic nitrogens is 2. The van der Waals surface area contributed by atoms with Gasteiger partial charge in [0.05, 0.1) is 11.3 Å². The highest BCUT2D eigenvalue weighted by molar-refractivity contribution is 5.72. The minimum Gasteiger partial charge on any atom is -0.368 e. The summed E-state index contributed by atoms with van der Waals surface area (Å²) in [5.41, 5.74) is 6.94. The molecule has 0 unspecified atom stereocenters. The highest BCUT2D eigenvalue weighted by Crippen LogP contribution is 2.02. The number of hydrogen-bond acceptors (Lipinski definition) is 4. The van der Waals surface area contributed by atoms with Crippen molar-refractivity contribution in [2.75, 3.05) is 12.3 Å². The van der Waals surface area contributed by atoms with Gasteiger partial charge in [-0.05, 0) is 6.92 Å². The van der Waals surface area contributed by atoms with Crippen molar-refractivity contribution in [3.8, 4) is 11.8 Å². The Hall–Kier alpha value is -2.09. The monoisotopic (exact) mass is 218 g/mol. The fraction of sp³-hybridized carbons (Fsp3) is 0.364. The summed E-state index contributed by atoms with van der Waals surface area (Å²) in [5.74, 6) is 6.07. The molecule has 0 spiro atoms. The molecule has 0 aromatic carbocycles. The topological polar surface area (TPSA) is 80.9 Å². The van der Waals surface area contributed by atoms with Gasteiger partial charge in [0, 0.05) is 26.1 Å². The van der Waals surface area contributed by atoms with Crippen molar-refractivity contribution in [1.82, 2.24) is 15.3 Å². The first-order chi connectivity index (χ1) is 7.59. The van der Waals surface area contributed by atoms with Gasteiger partial charge in [-0.25, -0.2) is 9.97 Å². The van der Waals surface area contributed by atoms with Crippen molar-refractivity contribution in [2.45, 2.75) is 20.3 Å². The Kier molecular flexibility index (Phi) is 4.28. The quantitative estimate of drug-likeness (QED) is 0.550. The number of rotatable bonds is 2. The van der Waals surface area contributed by atoms with Gasteiger partial charge in [-0.3, -0.25) is 4.79 Å². The zero-order chi connectivity index (χ0) is 12.0. The highest BCUT2D eigenvalue weighted by atomic mass is 16.1. The number of nitrogens with two attached hydrogens (primary N) is 1. The number of hydrogen-bond donors (Lipinski definition) is 2. The molecule has 0 aliphatic rings. The van der Waals surface area contributed by atoms with Gasteiger partial charge in [0.1, 0.15) is 0 Å². The number of aryl methyl sites for hydroxylation is 1. The fourth-order valence-corrected chi connectivity index (χ4v) is 1.07. The maximum absolute atomic E-state index is 10.6. The average Bonchev–Trinajstić information content (AvgIpc) is 2.20. The third-order valence-corrected chi connectivity index (χ3v) is 1.84. The van der Waals surface area contributed by atoms with Crippen LogP contribution in [0.4, 0.5) is 5.95 Å². The molecule has 1 amide bonds. The van der Waals surface area contributed by atoms with E-state index >= 15 is 0 Å². The molecule has 1 rings (SSSR count). The van der Waals surface area contributed by atoms with Crippen molar-refractivity contribution in [3.05, 3.63) is 17.5 Å². The summed E-state index contributed by atoms with van der Waals surface area (Å²) >= 11 is 0. The van der Waals surface area contributed by atoms with Crippen molar-refractivity contribution in [2.24, 2.45) is 0 Å². The zero-order valence-electron chi connectivity index (χ0n) is 9.37. The lowest BCUT2D eigenvalue weighted by Crippen LogP contribution is -2.20. The Bertz CT molecular complexity index is 445. The minimum absolute atomic E-state index is 0.0474. The molecule has 84 valence electrons. The maximum Gasteiger partial charge on any atom is 0.220 e. The molecule has 3 N–H and O–H groups in total. The molecule has 0 aliphatic heterocycles. The molecule has 1 aromatic heterocycles. The molecule has 16 heavy (non-hydrogen) atoms. The normalized spacial score (nSPS) is 9.12. The standard InChI is InChI=1S/C11H14N4O/c1-8-10(7-14-11(12)15-8)5-3-4-6-13-9(2)16/h7H,4,6H2,1-2H3,(H,13,16)(H2,12,14,15). The third-order valence-electron chi connectivity index (χ3n) is 1.84. The summed E-state index contributed by atoms with van der Waals surface area (Å²) < 4.78 is 0. The maximum atomic E-state index is 10.6. The van der Waals surface area contributed by atoms with E-state index in [1.54, 1.807) is 6.20 Å². The Morgan fingerprint density at radius 3 is 3.00 bits per heavy atom. The van der Waals surface area contributed by atoms with Crippen molar-refractivity contribution < 1.29 is 4.79 Å². The Labute approximate surface area is 94.5 Å². The molecule has 0 aliphatic carbocycles. The van der Waals surface area contributed by atoms with E-state index in [1.807, 2.05) is 6.92 Å². The largest absolute Gasteiger partial charge is 0.368 e. The van der Waals surface area contributed by atoms with Crippen molar-refractivity contribution in [3.63, 3.8) is 0 Å². The van der Waals surface area contributed by atoms with Gasteiger partial charge < -0.3 is 11.1 Å². The first-order valence-electron chi connectivity index (χ1n) is 4.92. The van der Waals surface area contributed by atoms with Crippen LogP contribution in [0.25, 0.3) is 0 Å². The molecule has 0 atom stereocenters. The van der Waals surface area contributed by atoms with Gasteiger partial charge in [0.25, 0.3) is 0 Å². The second-order valence-electron chi connectivity index (χ2n) is 3.26. The van der Waals surface area contributed by atoms with Gasteiger partial charge >= 0.3 is 0 Å². The van der Waals surface area contributed by atoms with Crippen LogP contribution in [0.1, 0.15) is 24.6 Å². The smallest absolute Gasteiger partial charge is 0.220 e. The van der Waals surface area contributed by atoms with Crippen LogP contribution in [-0.4, -0.2) is 22.4 Å². The van der Waals surface area contributed by atoms with Crippen LogP contribution < -0.4 is 11.1 Å². The molecule has 0 saturated carbocycles. The number of amides is 1.